The molecule has 0 unspecified atom stereocenters. The van der Waals surface area contributed by atoms with Crippen LogP contribution in [0.5, 0.6) is 0 Å². The largest absolute Gasteiger partial charge is 0.296 e. The van der Waals surface area contributed by atoms with Crippen molar-refractivity contribution in [2.75, 3.05) is 0 Å². The van der Waals surface area contributed by atoms with Crippen molar-refractivity contribution < 1.29 is 18.0 Å². The summed E-state index contributed by atoms with van der Waals surface area (Å²) in [6.45, 7) is 1.24. The topological polar surface area (TPSA) is 80.3 Å². The molecule has 5 nitrogen and oxygen atoms in total. The molecule has 92 valence electrons. The number of rotatable bonds is 3. The van der Waals surface area contributed by atoms with E-state index in [1.54, 1.807) is 0 Å². The maximum atomic E-state index is 11.2. The molecule has 0 aliphatic rings. The van der Waals surface area contributed by atoms with Crippen molar-refractivity contribution in [3.05, 3.63) is 29.8 Å². The molecule has 2 amide bonds. The summed E-state index contributed by atoms with van der Waals surface area (Å²) >= 11 is 0. The Balaban J connectivity index is 2.76. The van der Waals surface area contributed by atoms with Crippen molar-refractivity contribution in [1.29, 1.82) is 0 Å². The Morgan fingerprint density at radius 2 is 1.76 bits per heavy atom. The fraction of sp³-hybridized carbons (Fsp3) is 0.200. The van der Waals surface area contributed by atoms with Gasteiger partial charge in [0.2, 0.25) is 11.8 Å². The molecule has 0 aliphatic heterocycles. The zero-order valence-corrected chi connectivity index (χ0v) is 10.5. The normalized spacial score (nSPS) is 10.9. The maximum absolute atomic E-state index is 11.2. The Bertz CT molecular complexity index is 536. The lowest BCUT2D eigenvalue weighted by atomic mass is 10.1. The third-order valence-corrected chi connectivity index (χ3v) is 3.25. The average Bonchev–Trinajstić information content (AvgIpc) is 2.15. The van der Waals surface area contributed by atoms with Crippen LogP contribution in [0.1, 0.15) is 12.5 Å². The number of hydrogen-bond donors (Lipinski definition) is 1. The molecule has 0 saturated heterocycles. The summed E-state index contributed by atoms with van der Waals surface area (Å²) in [6.07, 6.45) is 0.00218. The van der Waals surface area contributed by atoms with E-state index in [4.69, 9.17) is 10.7 Å². The highest BCUT2D eigenvalue weighted by atomic mass is 35.7. The molecule has 0 aromatic heterocycles. The predicted molar refractivity (Wildman–Crippen MR) is 62.0 cm³/mol. The Labute approximate surface area is 103 Å². The van der Waals surface area contributed by atoms with Crippen molar-refractivity contribution in [2.24, 2.45) is 0 Å². The molecular formula is C10H10ClNO4S. The van der Waals surface area contributed by atoms with E-state index >= 15 is 0 Å². The van der Waals surface area contributed by atoms with Crippen LogP contribution in [-0.4, -0.2) is 20.2 Å². The molecule has 0 bridgehead atoms. The number of imide groups is 1. The first kappa shape index (κ1) is 13.7. The standard InChI is InChI=1S/C10H10ClNO4S/c1-7(13)12-10(14)6-8-2-4-9(5-3-8)17(11,15)16/h2-5H,6H2,1H3,(H,12,13,14). The molecule has 0 saturated carbocycles. The minimum atomic E-state index is -3.75. The number of amides is 2. The first-order valence-electron chi connectivity index (χ1n) is 4.63. The second kappa shape index (κ2) is 5.29. The van der Waals surface area contributed by atoms with E-state index in [1.807, 2.05) is 0 Å². The average molecular weight is 276 g/mol. The van der Waals surface area contributed by atoms with Crippen LogP contribution in [0.3, 0.4) is 0 Å². The summed E-state index contributed by atoms with van der Waals surface area (Å²) in [4.78, 5) is 21.8. The van der Waals surface area contributed by atoms with Gasteiger partial charge in [-0.3, -0.25) is 14.9 Å². The Kier molecular flexibility index (Phi) is 4.25. The van der Waals surface area contributed by atoms with Gasteiger partial charge in [-0.2, -0.15) is 0 Å². The van der Waals surface area contributed by atoms with Crippen LogP contribution in [0.2, 0.25) is 0 Å². The van der Waals surface area contributed by atoms with Crippen LogP contribution in [0, 0.1) is 0 Å². The second-order valence-corrected chi connectivity index (χ2v) is 5.93. The molecule has 1 aromatic rings. The van der Waals surface area contributed by atoms with Gasteiger partial charge in [0.1, 0.15) is 0 Å². The molecule has 0 atom stereocenters. The highest BCUT2D eigenvalue weighted by Gasteiger charge is 2.10. The molecule has 1 rings (SSSR count). The lowest BCUT2D eigenvalue weighted by Gasteiger charge is -2.02. The lowest BCUT2D eigenvalue weighted by Crippen LogP contribution is -2.29. The molecule has 0 fully saturated rings. The van der Waals surface area contributed by atoms with E-state index in [1.165, 1.54) is 31.2 Å². The van der Waals surface area contributed by atoms with Gasteiger partial charge in [0.25, 0.3) is 9.05 Å². The van der Waals surface area contributed by atoms with Gasteiger partial charge in [-0.1, -0.05) is 12.1 Å². The number of carbonyl (C=O) groups excluding carboxylic acids is 2. The number of halogens is 1. The van der Waals surface area contributed by atoms with Gasteiger partial charge in [-0.15, -0.1) is 0 Å². The maximum Gasteiger partial charge on any atom is 0.261 e. The van der Waals surface area contributed by atoms with Crippen molar-refractivity contribution >= 4 is 31.5 Å². The molecule has 1 N–H and O–H groups in total. The summed E-state index contributed by atoms with van der Waals surface area (Å²) < 4.78 is 21.9. The zero-order chi connectivity index (χ0) is 13.1. The Morgan fingerprint density at radius 1 is 1.24 bits per heavy atom. The van der Waals surface area contributed by atoms with Gasteiger partial charge in [0, 0.05) is 17.6 Å². The predicted octanol–water partition coefficient (Wildman–Crippen LogP) is 0.819. The number of carbonyl (C=O) groups is 2. The van der Waals surface area contributed by atoms with Crippen molar-refractivity contribution in [3.8, 4) is 0 Å². The van der Waals surface area contributed by atoms with Crippen molar-refractivity contribution in [2.45, 2.75) is 18.2 Å². The molecule has 0 spiro atoms. The van der Waals surface area contributed by atoms with Crippen LogP contribution in [0.25, 0.3) is 0 Å². The molecular weight excluding hydrogens is 266 g/mol. The van der Waals surface area contributed by atoms with E-state index in [0.717, 1.165) is 0 Å². The van der Waals surface area contributed by atoms with Gasteiger partial charge in [-0.25, -0.2) is 8.42 Å². The first-order chi connectivity index (χ1) is 7.79. The van der Waals surface area contributed by atoms with E-state index in [-0.39, 0.29) is 11.3 Å². The Hall–Kier alpha value is -1.40. The Morgan fingerprint density at radius 3 is 2.18 bits per heavy atom. The lowest BCUT2D eigenvalue weighted by molar-refractivity contribution is -0.128. The molecule has 7 heteroatoms. The van der Waals surface area contributed by atoms with E-state index in [2.05, 4.69) is 5.32 Å². The summed E-state index contributed by atoms with van der Waals surface area (Å²) in [7, 11) is 1.38. The first-order valence-corrected chi connectivity index (χ1v) is 6.94. The molecule has 0 aliphatic carbocycles. The number of hydrogen-bond acceptors (Lipinski definition) is 4. The summed E-state index contributed by atoms with van der Waals surface area (Å²) in [5.41, 5.74) is 0.591. The third-order valence-electron chi connectivity index (χ3n) is 1.89. The van der Waals surface area contributed by atoms with E-state index in [0.29, 0.717) is 5.56 Å². The van der Waals surface area contributed by atoms with Gasteiger partial charge in [0.15, 0.2) is 0 Å². The minimum absolute atomic E-state index is 0.00218. The quantitative estimate of drug-likeness (QED) is 0.828. The van der Waals surface area contributed by atoms with Crippen molar-refractivity contribution in [3.63, 3.8) is 0 Å². The van der Waals surface area contributed by atoms with Gasteiger partial charge in [-0.05, 0) is 17.7 Å². The monoisotopic (exact) mass is 275 g/mol. The van der Waals surface area contributed by atoms with Gasteiger partial charge < -0.3 is 0 Å². The number of nitrogens with one attached hydrogen (secondary N) is 1. The van der Waals surface area contributed by atoms with Crippen molar-refractivity contribution in [1.82, 2.24) is 5.32 Å². The number of benzene rings is 1. The summed E-state index contributed by atoms with van der Waals surface area (Å²) in [6, 6.07) is 5.54. The van der Waals surface area contributed by atoms with Crippen LogP contribution in [0.4, 0.5) is 0 Å². The summed E-state index contributed by atoms with van der Waals surface area (Å²) in [5, 5.41) is 2.11. The van der Waals surface area contributed by atoms with Crippen LogP contribution in [0.15, 0.2) is 29.2 Å². The zero-order valence-electron chi connectivity index (χ0n) is 8.94. The summed E-state index contributed by atoms with van der Waals surface area (Å²) in [5.74, 6) is -0.881. The third kappa shape index (κ3) is 4.54. The second-order valence-electron chi connectivity index (χ2n) is 3.36. The highest BCUT2D eigenvalue weighted by Crippen LogP contribution is 2.15. The molecule has 0 heterocycles. The van der Waals surface area contributed by atoms with Crippen LogP contribution >= 0.6 is 10.7 Å². The van der Waals surface area contributed by atoms with Crippen LogP contribution < -0.4 is 5.32 Å². The van der Waals surface area contributed by atoms with E-state index < -0.39 is 20.9 Å². The molecule has 17 heavy (non-hydrogen) atoms. The van der Waals surface area contributed by atoms with Gasteiger partial charge in [0.05, 0.1) is 11.3 Å². The SMILES string of the molecule is CC(=O)NC(=O)Cc1ccc(S(=O)(=O)Cl)cc1. The van der Waals surface area contributed by atoms with Gasteiger partial charge >= 0.3 is 0 Å². The highest BCUT2D eigenvalue weighted by molar-refractivity contribution is 8.13. The minimum Gasteiger partial charge on any atom is -0.296 e. The fourth-order valence-electron chi connectivity index (χ4n) is 1.20. The molecule has 1 aromatic carbocycles. The molecule has 0 radical (unpaired) electrons. The smallest absolute Gasteiger partial charge is 0.261 e. The van der Waals surface area contributed by atoms with E-state index in [9.17, 15) is 18.0 Å². The van der Waals surface area contributed by atoms with Crippen LogP contribution in [-0.2, 0) is 25.1 Å². The fourth-order valence-corrected chi connectivity index (χ4v) is 1.97.